The molecule has 0 aliphatic heterocycles. The van der Waals surface area contributed by atoms with Crippen LogP contribution >= 0.6 is 27.3 Å². The molecule has 0 aliphatic rings. The molecule has 0 aliphatic carbocycles. The highest BCUT2D eigenvalue weighted by atomic mass is 79.9. The van der Waals surface area contributed by atoms with E-state index in [9.17, 15) is 4.79 Å². The van der Waals surface area contributed by atoms with E-state index < -0.39 is 11.7 Å². The maximum Gasteiger partial charge on any atom is 0.412 e. The first-order valence-electron chi connectivity index (χ1n) is 5.39. The Bertz CT molecular complexity index is 589. The predicted octanol–water partition coefficient (Wildman–Crippen LogP) is 4.41. The van der Waals surface area contributed by atoms with E-state index in [1.54, 1.807) is 6.07 Å². The minimum atomic E-state index is -0.498. The lowest BCUT2D eigenvalue weighted by Gasteiger charge is -2.19. The Morgan fingerprint density at radius 1 is 1.44 bits per heavy atom. The van der Waals surface area contributed by atoms with Crippen LogP contribution in [0.15, 0.2) is 22.1 Å². The molecule has 1 aromatic carbocycles. The summed E-state index contributed by atoms with van der Waals surface area (Å²) in [6.45, 7) is 5.49. The molecule has 1 amide bonds. The fourth-order valence-electron chi connectivity index (χ4n) is 1.40. The maximum absolute atomic E-state index is 11.6. The summed E-state index contributed by atoms with van der Waals surface area (Å²) in [5.41, 5.74) is 1.11. The van der Waals surface area contributed by atoms with Gasteiger partial charge in [0.15, 0.2) is 3.92 Å². The molecule has 0 saturated heterocycles. The lowest BCUT2D eigenvalue weighted by Crippen LogP contribution is -2.27. The number of hydrogen-bond acceptors (Lipinski definition) is 4. The Hall–Kier alpha value is -1.14. The van der Waals surface area contributed by atoms with E-state index in [2.05, 4.69) is 26.2 Å². The number of halogens is 1. The number of thiazole rings is 1. The number of anilines is 1. The number of rotatable bonds is 1. The maximum atomic E-state index is 11.6. The highest BCUT2D eigenvalue weighted by Crippen LogP contribution is 2.28. The molecule has 6 heteroatoms. The van der Waals surface area contributed by atoms with Crippen molar-refractivity contribution in [2.45, 2.75) is 26.4 Å². The van der Waals surface area contributed by atoms with Crippen molar-refractivity contribution in [2.24, 2.45) is 0 Å². The molecule has 0 atom stereocenters. The molecule has 1 N–H and O–H groups in total. The van der Waals surface area contributed by atoms with Gasteiger partial charge in [0, 0.05) is 5.69 Å². The van der Waals surface area contributed by atoms with Gasteiger partial charge in [0.05, 0.1) is 10.2 Å². The second-order valence-electron chi connectivity index (χ2n) is 4.78. The Morgan fingerprint density at radius 2 is 2.17 bits per heavy atom. The minimum Gasteiger partial charge on any atom is -0.444 e. The molecule has 2 rings (SSSR count). The van der Waals surface area contributed by atoms with Crippen molar-refractivity contribution >= 4 is 49.3 Å². The fourth-order valence-corrected chi connectivity index (χ4v) is 2.84. The van der Waals surface area contributed by atoms with Gasteiger partial charge in [-0.15, -0.1) is 11.3 Å². The first kappa shape index (κ1) is 13.3. The molecule has 0 radical (unpaired) electrons. The fraction of sp³-hybridized carbons (Fsp3) is 0.333. The summed E-state index contributed by atoms with van der Waals surface area (Å²) in [6, 6.07) is 5.55. The first-order chi connectivity index (χ1) is 8.33. The van der Waals surface area contributed by atoms with Gasteiger partial charge in [0.25, 0.3) is 0 Å². The van der Waals surface area contributed by atoms with Gasteiger partial charge in [-0.2, -0.15) is 0 Å². The molecular formula is C12H13BrN2O2S. The third-order valence-corrected chi connectivity index (χ3v) is 3.48. The van der Waals surface area contributed by atoms with Crippen LogP contribution in [-0.2, 0) is 4.74 Å². The van der Waals surface area contributed by atoms with Crippen molar-refractivity contribution in [1.29, 1.82) is 0 Å². The summed E-state index contributed by atoms with van der Waals surface area (Å²) in [5, 5.41) is 2.70. The molecule has 0 unspecified atom stereocenters. The number of amides is 1. The molecule has 0 bridgehead atoms. The normalized spacial score (nSPS) is 11.6. The average Bonchev–Trinajstić information content (AvgIpc) is 2.53. The van der Waals surface area contributed by atoms with Crippen molar-refractivity contribution in [3.8, 4) is 0 Å². The summed E-state index contributed by atoms with van der Waals surface area (Å²) < 4.78 is 7.02. The smallest absolute Gasteiger partial charge is 0.412 e. The van der Waals surface area contributed by atoms with Crippen LogP contribution in [0.3, 0.4) is 0 Å². The second kappa shape index (κ2) is 4.85. The van der Waals surface area contributed by atoms with Crippen molar-refractivity contribution in [3.05, 3.63) is 22.1 Å². The number of hydrogen-bond donors (Lipinski definition) is 1. The van der Waals surface area contributed by atoms with Crippen LogP contribution in [0.25, 0.3) is 10.2 Å². The molecule has 96 valence electrons. The van der Waals surface area contributed by atoms with Gasteiger partial charge in [-0.05, 0) is 54.9 Å². The number of carbonyl (C=O) groups is 1. The Kier molecular flexibility index (Phi) is 3.59. The largest absolute Gasteiger partial charge is 0.444 e. The zero-order valence-electron chi connectivity index (χ0n) is 10.3. The van der Waals surface area contributed by atoms with Crippen molar-refractivity contribution in [3.63, 3.8) is 0 Å². The zero-order chi connectivity index (χ0) is 13.3. The molecule has 2 aromatic rings. The predicted molar refractivity (Wildman–Crippen MR) is 77.2 cm³/mol. The Labute approximate surface area is 117 Å². The Balaban J connectivity index is 2.14. The van der Waals surface area contributed by atoms with Crippen LogP contribution in [0, 0.1) is 0 Å². The molecule has 0 saturated carbocycles. The number of nitrogens with zero attached hydrogens (tertiary/aromatic N) is 1. The third-order valence-electron chi connectivity index (χ3n) is 2.01. The molecule has 0 fully saturated rings. The van der Waals surface area contributed by atoms with Gasteiger partial charge in [-0.25, -0.2) is 9.78 Å². The topological polar surface area (TPSA) is 51.2 Å². The van der Waals surface area contributed by atoms with Gasteiger partial charge in [0.2, 0.25) is 0 Å². The van der Waals surface area contributed by atoms with Gasteiger partial charge in [-0.3, -0.25) is 5.32 Å². The lowest BCUT2D eigenvalue weighted by atomic mass is 10.2. The van der Waals surface area contributed by atoms with Crippen LogP contribution in [0.4, 0.5) is 10.5 Å². The molecule has 0 spiro atoms. The summed E-state index contributed by atoms with van der Waals surface area (Å²) in [6.07, 6.45) is -0.453. The van der Waals surface area contributed by atoms with Crippen molar-refractivity contribution in [2.75, 3.05) is 5.32 Å². The van der Waals surface area contributed by atoms with E-state index >= 15 is 0 Å². The SMILES string of the molecule is CC(C)(C)OC(=O)Nc1ccc2nc(Br)sc2c1. The second-order valence-corrected chi connectivity index (χ2v) is 7.08. The summed E-state index contributed by atoms with van der Waals surface area (Å²) in [4.78, 5) is 15.9. The quantitative estimate of drug-likeness (QED) is 0.843. The van der Waals surface area contributed by atoms with Crippen LogP contribution in [0.2, 0.25) is 0 Å². The minimum absolute atomic E-state index is 0.453. The zero-order valence-corrected chi connectivity index (χ0v) is 12.7. The van der Waals surface area contributed by atoms with E-state index in [-0.39, 0.29) is 0 Å². The van der Waals surface area contributed by atoms with Crippen molar-refractivity contribution in [1.82, 2.24) is 4.98 Å². The number of carbonyl (C=O) groups excluding carboxylic acids is 1. The third kappa shape index (κ3) is 3.43. The first-order valence-corrected chi connectivity index (χ1v) is 7.00. The summed E-state index contributed by atoms with van der Waals surface area (Å²) in [7, 11) is 0. The van der Waals surface area contributed by atoms with Crippen LogP contribution in [-0.4, -0.2) is 16.7 Å². The van der Waals surface area contributed by atoms with E-state index in [1.807, 2.05) is 32.9 Å². The number of ether oxygens (including phenoxy) is 1. The van der Waals surface area contributed by atoms with E-state index in [0.717, 1.165) is 14.1 Å². The highest BCUT2D eigenvalue weighted by molar-refractivity contribution is 9.11. The molecule has 1 heterocycles. The van der Waals surface area contributed by atoms with Crippen LogP contribution in [0.1, 0.15) is 20.8 Å². The molecule has 1 aromatic heterocycles. The average molecular weight is 329 g/mol. The van der Waals surface area contributed by atoms with Crippen LogP contribution in [0.5, 0.6) is 0 Å². The molecular weight excluding hydrogens is 316 g/mol. The van der Waals surface area contributed by atoms with Gasteiger partial charge in [-0.1, -0.05) is 0 Å². The van der Waals surface area contributed by atoms with Crippen LogP contribution < -0.4 is 5.32 Å². The van der Waals surface area contributed by atoms with E-state index in [4.69, 9.17) is 4.74 Å². The highest BCUT2D eigenvalue weighted by Gasteiger charge is 2.16. The summed E-state index contributed by atoms with van der Waals surface area (Å²) >= 11 is 4.86. The lowest BCUT2D eigenvalue weighted by molar-refractivity contribution is 0.0636. The van der Waals surface area contributed by atoms with Gasteiger partial charge in [0.1, 0.15) is 5.60 Å². The Morgan fingerprint density at radius 3 is 2.83 bits per heavy atom. The number of benzene rings is 1. The monoisotopic (exact) mass is 328 g/mol. The molecule has 18 heavy (non-hydrogen) atoms. The number of nitrogens with one attached hydrogen (secondary N) is 1. The molecule has 4 nitrogen and oxygen atoms in total. The summed E-state index contributed by atoms with van der Waals surface area (Å²) in [5.74, 6) is 0. The van der Waals surface area contributed by atoms with E-state index in [1.165, 1.54) is 11.3 Å². The number of aromatic nitrogens is 1. The van der Waals surface area contributed by atoms with Crippen molar-refractivity contribution < 1.29 is 9.53 Å². The standard InChI is InChI=1S/C12H13BrN2O2S/c1-12(2,3)17-11(16)14-7-4-5-8-9(6-7)18-10(13)15-8/h4-6H,1-3H3,(H,14,16). The van der Waals surface area contributed by atoms with E-state index in [0.29, 0.717) is 5.69 Å². The van der Waals surface area contributed by atoms with Gasteiger partial charge >= 0.3 is 6.09 Å². The number of fused-ring (bicyclic) bond motifs is 1. The van der Waals surface area contributed by atoms with Gasteiger partial charge < -0.3 is 4.74 Å².